The summed E-state index contributed by atoms with van der Waals surface area (Å²) in [5.41, 5.74) is 1.37. The highest BCUT2D eigenvalue weighted by molar-refractivity contribution is 7.09. The Labute approximate surface area is 126 Å². The fourth-order valence-electron chi connectivity index (χ4n) is 2.17. The molecule has 1 aromatic carbocycles. The molecule has 0 aliphatic rings. The van der Waals surface area contributed by atoms with Crippen molar-refractivity contribution in [2.24, 2.45) is 0 Å². The molecule has 0 saturated heterocycles. The van der Waals surface area contributed by atoms with Crippen LogP contribution < -0.4 is 0 Å². The van der Waals surface area contributed by atoms with Crippen LogP contribution in [0, 0.1) is 0 Å². The molecular weight excluding hydrogens is 284 g/mol. The van der Waals surface area contributed by atoms with E-state index in [2.05, 4.69) is 21.0 Å². The third kappa shape index (κ3) is 3.20. The molecule has 0 spiro atoms. The number of imidazole rings is 1. The van der Waals surface area contributed by atoms with Crippen molar-refractivity contribution >= 4 is 17.3 Å². The average molecular weight is 298 g/mol. The van der Waals surface area contributed by atoms with Crippen LogP contribution in [0.4, 0.5) is 0 Å². The van der Waals surface area contributed by atoms with Crippen LogP contribution in [-0.4, -0.2) is 20.6 Å². The Kier molecular flexibility index (Phi) is 3.83. The van der Waals surface area contributed by atoms with Gasteiger partial charge in [-0.3, -0.25) is 0 Å². The maximum Gasteiger partial charge on any atom is 0.335 e. The number of carbonyl (C=O) groups is 1. The van der Waals surface area contributed by atoms with E-state index in [-0.39, 0.29) is 0 Å². The molecule has 5 heteroatoms. The third-order valence-corrected chi connectivity index (χ3v) is 4.14. The Morgan fingerprint density at radius 3 is 2.71 bits per heavy atom. The Bertz CT molecular complexity index is 730. The van der Waals surface area contributed by atoms with Gasteiger partial charge in [-0.1, -0.05) is 18.2 Å². The highest BCUT2D eigenvalue weighted by atomic mass is 32.1. The van der Waals surface area contributed by atoms with E-state index in [1.54, 1.807) is 29.7 Å². The zero-order valence-electron chi connectivity index (χ0n) is 11.3. The second-order valence-electron chi connectivity index (χ2n) is 4.73. The van der Waals surface area contributed by atoms with Gasteiger partial charge in [-0.25, -0.2) is 9.78 Å². The minimum absolute atomic E-state index is 0.309. The number of aromatic carboxylic acids is 1. The molecule has 0 radical (unpaired) electrons. The molecule has 0 atom stereocenters. The van der Waals surface area contributed by atoms with Crippen LogP contribution in [-0.2, 0) is 13.0 Å². The quantitative estimate of drug-likeness (QED) is 0.786. The minimum atomic E-state index is -0.900. The zero-order valence-corrected chi connectivity index (χ0v) is 12.1. The van der Waals surface area contributed by atoms with E-state index in [1.165, 1.54) is 4.88 Å². The van der Waals surface area contributed by atoms with Crippen molar-refractivity contribution in [3.05, 3.63) is 76.0 Å². The van der Waals surface area contributed by atoms with Gasteiger partial charge in [0.1, 0.15) is 5.82 Å². The summed E-state index contributed by atoms with van der Waals surface area (Å²) in [6.07, 6.45) is 4.57. The molecule has 0 unspecified atom stereocenters. The second-order valence-corrected chi connectivity index (χ2v) is 5.76. The summed E-state index contributed by atoms with van der Waals surface area (Å²) >= 11 is 1.72. The van der Waals surface area contributed by atoms with Gasteiger partial charge < -0.3 is 9.67 Å². The van der Waals surface area contributed by atoms with Gasteiger partial charge in [-0.2, -0.15) is 0 Å². The maximum absolute atomic E-state index is 10.8. The molecule has 2 heterocycles. The van der Waals surface area contributed by atoms with Gasteiger partial charge in [0.25, 0.3) is 0 Å². The number of hydrogen-bond donors (Lipinski definition) is 1. The number of aromatic nitrogens is 2. The number of carboxylic acids is 1. The standard InChI is InChI=1S/C16H14N2O2S/c19-16(20)13-5-3-12(4-6-13)11-18-8-7-17-15(18)10-14-2-1-9-21-14/h1-9H,10-11H2,(H,19,20). The fraction of sp³-hybridized carbons (Fsp3) is 0.125. The van der Waals surface area contributed by atoms with Crippen LogP contribution in [0.15, 0.2) is 54.2 Å². The van der Waals surface area contributed by atoms with Gasteiger partial charge >= 0.3 is 5.97 Å². The molecule has 1 N–H and O–H groups in total. The molecule has 0 saturated carbocycles. The summed E-state index contributed by atoms with van der Waals surface area (Å²) in [4.78, 5) is 16.5. The fourth-order valence-corrected chi connectivity index (χ4v) is 2.87. The minimum Gasteiger partial charge on any atom is -0.478 e. The van der Waals surface area contributed by atoms with Crippen molar-refractivity contribution in [2.45, 2.75) is 13.0 Å². The first kappa shape index (κ1) is 13.6. The summed E-state index contributed by atoms with van der Waals surface area (Å²) in [5.74, 6) is 0.113. The van der Waals surface area contributed by atoms with Gasteiger partial charge in [0.05, 0.1) is 5.56 Å². The first-order valence-corrected chi connectivity index (χ1v) is 7.45. The number of thiophene rings is 1. The van der Waals surface area contributed by atoms with Crippen molar-refractivity contribution in [3.8, 4) is 0 Å². The summed E-state index contributed by atoms with van der Waals surface area (Å²) in [5, 5.41) is 11.0. The first-order chi connectivity index (χ1) is 10.2. The van der Waals surface area contributed by atoms with E-state index in [0.29, 0.717) is 12.1 Å². The van der Waals surface area contributed by atoms with Crippen LogP contribution >= 0.6 is 11.3 Å². The SMILES string of the molecule is O=C(O)c1ccc(Cn2ccnc2Cc2cccs2)cc1. The number of rotatable bonds is 5. The monoisotopic (exact) mass is 298 g/mol. The molecule has 0 amide bonds. The lowest BCUT2D eigenvalue weighted by Gasteiger charge is -2.07. The van der Waals surface area contributed by atoms with Crippen molar-refractivity contribution in [3.63, 3.8) is 0 Å². The molecule has 3 aromatic rings. The van der Waals surface area contributed by atoms with Crippen LogP contribution in [0.1, 0.15) is 26.6 Å². The highest BCUT2D eigenvalue weighted by Gasteiger charge is 2.07. The molecule has 21 heavy (non-hydrogen) atoms. The predicted molar refractivity (Wildman–Crippen MR) is 81.9 cm³/mol. The molecule has 0 aliphatic carbocycles. The normalized spacial score (nSPS) is 10.7. The van der Waals surface area contributed by atoms with E-state index in [9.17, 15) is 4.79 Å². The molecule has 106 valence electrons. The van der Waals surface area contributed by atoms with Gasteiger partial charge in [0, 0.05) is 30.2 Å². The van der Waals surface area contributed by atoms with Crippen LogP contribution in [0.5, 0.6) is 0 Å². The lowest BCUT2D eigenvalue weighted by atomic mass is 10.1. The van der Waals surface area contributed by atoms with Crippen molar-refractivity contribution in [2.75, 3.05) is 0 Å². The topological polar surface area (TPSA) is 55.1 Å². The summed E-state index contributed by atoms with van der Waals surface area (Å²) in [7, 11) is 0. The maximum atomic E-state index is 10.8. The van der Waals surface area contributed by atoms with Crippen LogP contribution in [0.3, 0.4) is 0 Å². The van der Waals surface area contributed by atoms with Crippen molar-refractivity contribution in [1.82, 2.24) is 9.55 Å². The van der Waals surface area contributed by atoms with E-state index in [1.807, 2.05) is 24.4 Å². The van der Waals surface area contributed by atoms with Gasteiger partial charge in [0.15, 0.2) is 0 Å². The zero-order chi connectivity index (χ0) is 14.7. The first-order valence-electron chi connectivity index (χ1n) is 6.57. The smallest absolute Gasteiger partial charge is 0.335 e. The molecule has 4 nitrogen and oxygen atoms in total. The number of carboxylic acid groups (broad SMARTS) is 1. The third-order valence-electron chi connectivity index (χ3n) is 3.27. The molecule has 0 aliphatic heterocycles. The number of benzene rings is 1. The summed E-state index contributed by atoms with van der Waals surface area (Å²) < 4.78 is 2.09. The van der Waals surface area contributed by atoms with Crippen LogP contribution in [0.25, 0.3) is 0 Å². The van der Waals surface area contributed by atoms with Crippen LogP contribution in [0.2, 0.25) is 0 Å². The van der Waals surface area contributed by atoms with Crippen molar-refractivity contribution in [1.29, 1.82) is 0 Å². The van der Waals surface area contributed by atoms with E-state index in [4.69, 9.17) is 5.11 Å². The Morgan fingerprint density at radius 1 is 1.24 bits per heavy atom. The molecule has 2 aromatic heterocycles. The average Bonchev–Trinajstić information content (AvgIpc) is 3.13. The van der Waals surface area contributed by atoms with E-state index >= 15 is 0 Å². The molecule has 0 bridgehead atoms. The summed E-state index contributed by atoms with van der Waals surface area (Å²) in [6.45, 7) is 0.695. The lowest BCUT2D eigenvalue weighted by Crippen LogP contribution is -2.05. The van der Waals surface area contributed by atoms with Gasteiger partial charge in [0.2, 0.25) is 0 Å². The highest BCUT2D eigenvalue weighted by Crippen LogP contribution is 2.15. The molecular formula is C16H14N2O2S. The van der Waals surface area contributed by atoms with Crippen molar-refractivity contribution < 1.29 is 9.90 Å². The summed E-state index contributed by atoms with van der Waals surface area (Å²) in [6, 6.07) is 11.1. The van der Waals surface area contributed by atoms with E-state index in [0.717, 1.165) is 17.8 Å². The number of nitrogens with zero attached hydrogens (tertiary/aromatic N) is 2. The molecule has 0 fully saturated rings. The molecule has 3 rings (SSSR count). The largest absolute Gasteiger partial charge is 0.478 e. The lowest BCUT2D eigenvalue weighted by molar-refractivity contribution is 0.0697. The predicted octanol–water partition coefficient (Wildman–Crippen LogP) is 3.28. The Morgan fingerprint density at radius 2 is 2.05 bits per heavy atom. The number of hydrogen-bond acceptors (Lipinski definition) is 3. The second kappa shape index (κ2) is 5.93. The Balaban J connectivity index is 1.76. The van der Waals surface area contributed by atoms with E-state index < -0.39 is 5.97 Å². The van der Waals surface area contributed by atoms with Gasteiger partial charge in [-0.15, -0.1) is 11.3 Å². The van der Waals surface area contributed by atoms with Gasteiger partial charge in [-0.05, 0) is 29.1 Å². The Hall–Kier alpha value is -2.40.